The van der Waals surface area contributed by atoms with Gasteiger partial charge in [-0.15, -0.1) is 0 Å². The van der Waals surface area contributed by atoms with Crippen LogP contribution in [-0.2, 0) is 10.0 Å². The first-order chi connectivity index (χ1) is 8.85. The first-order valence-electron chi connectivity index (χ1n) is 6.41. The van der Waals surface area contributed by atoms with Gasteiger partial charge in [0.05, 0.1) is 5.69 Å². The quantitative estimate of drug-likeness (QED) is 0.848. The maximum absolute atomic E-state index is 13.8. The van der Waals surface area contributed by atoms with Crippen molar-refractivity contribution >= 4 is 15.7 Å². The van der Waals surface area contributed by atoms with Crippen LogP contribution in [-0.4, -0.2) is 25.3 Å². The van der Waals surface area contributed by atoms with Gasteiger partial charge in [0.25, 0.3) is 0 Å². The van der Waals surface area contributed by atoms with Crippen LogP contribution in [0.25, 0.3) is 0 Å². The largest absolute Gasteiger partial charge is 0.398 e. The van der Waals surface area contributed by atoms with Crippen LogP contribution >= 0.6 is 0 Å². The maximum Gasteiger partial charge on any atom is 0.248 e. The Hall–Kier alpha value is -1.14. The summed E-state index contributed by atoms with van der Waals surface area (Å²) in [5, 5.41) is 0. The van der Waals surface area contributed by atoms with E-state index in [0.717, 1.165) is 18.9 Å². The molecule has 1 aliphatic heterocycles. The zero-order chi connectivity index (χ0) is 14.2. The van der Waals surface area contributed by atoms with E-state index in [1.807, 2.05) is 13.8 Å². The molecular formula is C13H19FN2O2S. The van der Waals surface area contributed by atoms with Gasteiger partial charge >= 0.3 is 0 Å². The molecule has 1 fully saturated rings. The molecule has 2 N–H and O–H groups in total. The van der Waals surface area contributed by atoms with E-state index in [1.165, 1.54) is 16.4 Å². The van der Waals surface area contributed by atoms with Crippen LogP contribution in [0.1, 0.15) is 26.7 Å². The molecule has 0 aliphatic carbocycles. The number of sulfonamides is 1. The molecule has 2 atom stereocenters. The van der Waals surface area contributed by atoms with Gasteiger partial charge in [-0.2, -0.15) is 4.31 Å². The van der Waals surface area contributed by atoms with Gasteiger partial charge in [0, 0.05) is 12.6 Å². The second-order valence-electron chi connectivity index (χ2n) is 5.13. The molecule has 1 saturated heterocycles. The highest BCUT2D eigenvalue weighted by molar-refractivity contribution is 7.89. The zero-order valence-corrected chi connectivity index (χ0v) is 12.0. The number of benzene rings is 1. The standard InChI is InChI=1S/C13H19FN2O2S/c1-9-5-4-8-16(10(9)2)19(17,18)13-11(14)6-3-7-12(13)15/h3,6-7,9-10H,4-5,8,15H2,1-2H3. The number of rotatable bonds is 2. The van der Waals surface area contributed by atoms with E-state index in [9.17, 15) is 12.8 Å². The van der Waals surface area contributed by atoms with E-state index in [4.69, 9.17) is 5.73 Å². The summed E-state index contributed by atoms with van der Waals surface area (Å²) in [6.07, 6.45) is 1.78. The smallest absolute Gasteiger partial charge is 0.248 e. The van der Waals surface area contributed by atoms with Gasteiger partial charge in [-0.05, 0) is 37.8 Å². The summed E-state index contributed by atoms with van der Waals surface area (Å²) in [6, 6.07) is 3.80. The number of halogens is 1. The third-order valence-corrected chi connectivity index (χ3v) is 5.96. The summed E-state index contributed by atoms with van der Waals surface area (Å²) in [5.41, 5.74) is 5.61. The van der Waals surface area contributed by atoms with Gasteiger partial charge in [-0.25, -0.2) is 12.8 Å². The number of nitrogens with zero attached hydrogens (tertiary/aromatic N) is 1. The van der Waals surface area contributed by atoms with Crippen molar-refractivity contribution < 1.29 is 12.8 Å². The topological polar surface area (TPSA) is 63.4 Å². The van der Waals surface area contributed by atoms with Crippen LogP contribution in [0.5, 0.6) is 0 Å². The highest BCUT2D eigenvalue weighted by atomic mass is 32.2. The number of hydrogen-bond acceptors (Lipinski definition) is 3. The predicted molar refractivity (Wildman–Crippen MR) is 72.6 cm³/mol. The highest BCUT2D eigenvalue weighted by Crippen LogP contribution is 2.32. The minimum atomic E-state index is -3.87. The van der Waals surface area contributed by atoms with Crippen LogP contribution in [0.4, 0.5) is 10.1 Å². The van der Waals surface area contributed by atoms with E-state index >= 15 is 0 Å². The van der Waals surface area contributed by atoms with Crippen molar-refractivity contribution in [2.75, 3.05) is 12.3 Å². The first kappa shape index (κ1) is 14.3. The second-order valence-corrected chi connectivity index (χ2v) is 6.96. The minimum absolute atomic E-state index is 0.0366. The van der Waals surface area contributed by atoms with Gasteiger partial charge in [0.2, 0.25) is 10.0 Å². The van der Waals surface area contributed by atoms with E-state index in [0.29, 0.717) is 6.54 Å². The monoisotopic (exact) mass is 286 g/mol. The van der Waals surface area contributed by atoms with E-state index in [1.54, 1.807) is 0 Å². The van der Waals surface area contributed by atoms with Crippen molar-refractivity contribution in [2.45, 2.75) is 37.6 Å². The third kappa shape index (κ3) is 2.47. The van der Waals surface area contributed by atoms with Gasteiger partial charge in [-0.1, -0.05) is 13.0 Å². The van der Waals surface area contributed by atoms with Crippen LogP contribution < -0.4 is 5.73 Å². The van der Waals surface area contributed by atoms with Crippen molar-refractivity contribution in [2.24, 2.45) is 5.92 Å². The lowest BCUT2D eigenvalue weighted by atomic mass is 9.94. The average Bonchev–Trinajstić information content (AvgIpc) is 2.32. The predicted octanol–water partition coefficient (Wildman–Crippen LogP) is 2.22. The SMILES string of the molecule is CC1CCCN(S(=O)(=O)c2c(N)cccc2F)C1C. The number of hydrogen-bond donors (Lipinski definition) is 1. The normalized spacial score (nSPS) is 25.4. The third-order valence-electron chi connectivity index (χ3n) is 3.88. The highest BCUT2D eigenvalue weighted by Gasteiger charge is 2.36. The van der Waals surface area contributed by atoms with Crippen molar-refractivity contribution in [3.05, 3.63) is 24.0 Å². The Balaban J connectivity index is 2.48. The molecule has 0 saturated carbocycles. The van der Waals surface area contributed by atoms with E-state index in [-0.39, 0.29) is 17.6 Å². The molecule has 0 radical (unpaired) electrons. The Morgan fingerprint density at radius 2 is 2.05 bits per heavy atom. The molecule has 4 nitrogen and oxygen atoms in total. The van der Waals surface area contributed by atoms with Gasteiger partial charge in [-0.3, -0.25) is 0 Å². The summed E-state index contributed by atoms with van der Waals surface area (Å²) in [7, 11) is -3.87. The molecular weight excluding hydrogens is 267 g/mol. The molecule has 2 rings (SSSR count). The van der Waals surface area contributed by atoms with Crippen LogP contribution in [0, 0.1) is 11.7 Å². The Bertz CT molecular complexity index is 554. The second kappa shape index (κ2) is 5.09. The number of nitrogens with two attached hydrogens (primary N) is 1. The summed E-state index contributed by atoms with van der Waals surface area (Å²) in [6.45, 7) is 4.29. The lowest BCUT2D eigenvalue weighted by Gasteiger charge is -2.37. The first-order valence-corrected chi connectivity index (χ1v) is 7.85. The zero-order valence-electron chi connectivity index (χ0n) is 11.1. The molecule has 19 heavy (non-hydrogen) atoms. The summed E-state index contributed by atoms with van der Waals surface area (Å²) < 4.78 is 40.4. The summed E-state index contributed by atoms with van der Waals surface area (Å²) >= 11 is 0. The van der Waals surface area contributed by atoms with Crippen molar-refractivity contribution in [1.29, 1.82) is 0 Å². The molecule has 6 heteroatoms. The fourth-order valence-electron chi connectivity index (χ4n) is 2.55. The van der Waals surface area contributed by atoms with Crippen molar-refractivity contribution in [3.63, 3.8) is 0 Å². The molecule has 106 valence electrons. The molecule has 1 aromatic carbocycles. The Kier molecular flexibility index (Phi) is 3.82. The van der Waals surface area contributed by atoms with Crippen LogP contribution in [0.15, 0.2) is 23.1 Å². The molecule has 0 aromatic heterocycles. The fraction of sp³-hybridized carbons (Fsp3) is 0.538. The average molecular weight is 286 g/mol. The molecule has 1 aromatic rings. The lowest BCUT2D eigenvalue weighted by Crippen LogP contribution is -2.46. The fourth-order valence-corrected chi connectivity index (χ4v) is 4.48. The number of nitrogen functional groups attached to an aromatic ring is 1. The molecule has 0 bridgehead atoms. The molecule has 0 amide bonds. The van der Waals surface area contributed by atoms with Crippen molar-refractivity contribution in [3.8, 4) is 0 Å². The Morgan fingerprint density at radius 1 is 1.37 bits per heavy atom. The van der Waals surface area contributed by atoms with E-state index in [2.05, 4.69) is 0 Å². The molecule has 1 heterocycles. The number of anilines is 1. The van der Waals surface area contributed by atoms with Crippen LogP contribution in [0.2, 0.25) is 0 Å². The van der Waals surface area contributed by atoms with Crippen molar-refractivity contribution in [1.82, 2.24) is 4.31 Å². The van der Waals surface area contributed by atoms with Gasteiger partial charge in [0.1, 0.15) is 10.7 Å². The summed E-state index contributed by atoms with van der Waals surface area (Å²) in [4.78, 5) is -0.393. The molecule has 0 spiro atoms. The molecule has 2 unspecified atom stereocenters. The van der Waals surface area contributed by atoms with Gasteiger partial charge in [0.15, 0.2) is 0 Å². The van der Waals surface area contributed by atoms with Gasteiger partial charge < -0.3 is 5.73 Å². The minimum Gasteiger partial charge on any atom is -0.398 e. The lowest BCUT2D eigenvalue weighted by molar-refractivity contribution is 0.202. The summed E-state index contributed by atoms with van der Waals surface area (Å²) in [5.74, 6) is -0.526. The molecule has 1 aliphatic rings. The number of piperidine rings is 1. The Labute approximate surface area is 113 Å². The van der Waals surface area contributed by atoms with E-state index < -0.39 is 20.7 Å². The Morgan fingerprint density at radius 3 is 2.68 bits per heavy atom. The maximum atomic E-state index is 13.8. The van der Waals surface area contributed by atoms with Crippen LogP contribution in [0.3, 0.4) is 0 Å².